The number of benzene rings is 1. The number of carbonyl (C=O) groups is 1. The van der Waals surface area contributed by atoms with E-state index in [0.29, 0.717) is 24.5 Å². The van der Waals surface area contributed by atoms with Crippen molar-refractivity contribution in [2.45, 2.75) is 69.6 Å². The molecule has 168 valence electrons. The average molecular weight is 432 g/mol. The Morgan fingerprint density at radius 2 is 1.78 bits per heavy atom. The summed E-state index contributed by atoms with van der Waals surface area (Å²) >= 11 is 0. The van der Waals surface area contributed by atoms with Crippen molar-refractivity contribution < 1.29 is 4.79 Å². The Morgan fingerprint density at radius 3 is 2.56 bits per heavy atom. The summed E-state index contributed by atoms with van der Waals surface area (Å²) in [5.74, 6) is 0.335. The third kappa shape index (κ3) is 3.84. The Hall–Kier alpha value is -2.31. The molecule has 2 saturated heterocycles. The monoisotopic (exact) mass is 431 g/mol. The molecule has 1 aliphatic carbocycles. The normalized spacial score (nSPS) is 26.4. The lowest BCUT2D eigenvalue weighted by molar-refractivity contribution is -0.135. The fourth-order valence-corrected chi connectivity index (χ4v) is 6.52. The molecular formula is C26H33N5O. The van der Waals surface area contributed by atoms with Crippen LogP contribution in [0.3, 0.4) is 0 Å². The number of hydrogen-bond acceptors (Lipinski definition) is 5. The van der Waals surface area contributed by atoms with Crippen molar-refractivity contribution in [3.05, 3.63) is 48.0 Å². The van der Waals surface area contributed by atoms with Gasteiger partial charge in [0.1, 0.15) is 6.33 Å². The molecule has 1 amide bonds. The van der Waals surface area contributed by atoms with Crippen molar-refractivity contribution in [2.24, 2.45) is 0 Å². The van der Waals surface area contributed by atoms with Gasteiger partial charge in [-0.15, -0.1) is 0 Å². The number of rotatable bonds is 4. The van der Waals surface area contributed by atoms with Crippen LogP contribution >= 0.6 is 0 Å². The Morgan fingerprint density at radius 1 is 0.938 bits per heavy atom. The zero-order valence-electron chi connectivity index (χ0n) is 18.8. The minimum absolute atomic E-state index is 0.335. The van der Waals surface area contributed by atoms with Gasteiger partial charge >= 0.3 is 0 Å². The van der Waals surface area contributed by atoms with Crippen LogP contribution in [0.2, 0.25) is 0 Å². The first kappa shape index (κ1) is 20.3. The maximum absolute atomic E-state index is 13.2. The smallest absolute Gasteiger partial charge is 0.237 e. The van der Waals surface area contributed by atoms with Crippen molar-refractivity contribution in [1.82, 2.24) is 24.7 Å². The summed E-state index contributed by atoms with van der Waals surface area (Å²) in [5, 5.41) is 0. The van der Waals surface area contributed by atoms with Crippen LogP contribution in [0.4, 0.5) is 0 Å². The quantitative estimate of drug-likeness (QED) is 0.745. The SMILES string of the molecule is O=C(CN1CCc2cc(-c3cncnc3)ccc2C1)N1C[C@H]2C[C@@H]1CN2C1CCCCC1. The molecule has 1 aromatic heterocycles. The molecule has 1 saturated carbocycles. The molecule has 3 fully saturated rings. The molecule has 1 aromatic carbocycles. The van der Waals surface area contributed by atoms with E-state index in [-0.39, 0.29) is 0 Å². The first-order valence-electron chi connectivity index (χ1n) is 12.4. The predicted octanol–water partition coefficient (Wildman–Crippen LogP) is 3.12. The molecule has 4 heterocycles. The summed E-state index contributed by atoms with van der Waals surface area (Å²) in [6.07, 6.45) is 14.4. The van der Waals surface area contributed by atoms with E-state index >= 15 is 0 Å². The first-order valence-corrected chi connectivity index (χ1v) is 12.4. The van der Waals surface area contributed by atoms with Crippen LogP contribution in [-0.2, 0) is 17.8 Å². The van der Waals surface area contributed by atoms with Gasteiger partial charge in [-0.3, -0.25) is 14.6 Å². The van der Waals surface area contributed by atoms with Gasteiger partial charge in [-0.2, -0.15) is 0 Å². The zero-order valence-corrected chi connectivity index (χ0v) is 18.8. The molecule has 6 rings (SSSR count). The molecule has 4 aliphatic rings. The molecule has 32 heavy (non-hydrogen) atoms. The topological polar surface area (TPSA) is 52.6 Å². The van der Waals surface area contributed by atoms with Crippen LogP contribution in [0.25, 0.3) is 11.1 Å². The van der Waals surface area contributed by atoms with Gasteiger partial charge in [-0.1, -0.05) is 37.5 Å². The van der Waals surface area contributed by atoms with Crippen molar-refractivity contribution >= 4 is 5.91 Å². The van der Waals surface area contributed by atoms with E-state index in [9.17, 15) is 4.79 Å². The lowest BCUT2D eigenvalue weighted by atomic mass is 9.93. The van der Waals surface area contributed by atoms with E-state index in [0.717, 1.165) is 44.2 Å². The largest absolute Gasteiger partial charge is 0.336 e. The second kappa shape index (κ2) is 8.56. The summed E-state index contributed by atoms with van der Waals surface area (Å²) in [4.78, 5) is 28.8. The number of likely N-dealkylation sites (tertiary alicyclic amines) is 2. The minimum Gasteiger partial charge on any atom is -0.336 e. The fourth-order valence-electron chi connectivity index (χ4n) is 6.52. The van der Waals surface area contributed by atoms with Crippen molar-refractivity contribution in [3.8, 4) is 11.1 Å². The highest BCUT2D eigenvalue weighted by molar-refractivity contribution is 5.79. The standard InChI is InChI=1S/C26H33N5O/c32-26(31-16-24-11-25(31)15-30(24)23-4-2-1-3-5-23)17-29-9-8-20-10-19(6-7-21(20)14-29)22-12-27-18-28-13-22/h6-7,10,12-13,18,23-25H,1-5,8-9,11,14-17H2/t24-,25-/m1/s1. The van der Waals surface area contributed by atoms with E-state index in [1.165, 1.54) is 55.2 Å². The fraction of sp³-hybridized carbons (Fsp3) is 0.577. The van der Waals surface area contributed by atoms with E-state index < -0.39 is 0 Å². The van der Waals surface area contributed by atoms with Crippen LogP contribution in [0, 0.1) is 0 Å². The van der Waals surface area contributed by atoms with Gasteiger partial charge in [0.05, 0.1) is 6.54 Å². The highest BCUT2D eigenvalue weighted by atomic mass is 16.2. The summed E-state index contributed by atoms with van der Waals surface area (Å²) in [7, 11) is 0. The van der Waals surface area contributed by atoms with Crippen LogP contribution in [0.1, 0.15) is 49.7 Å². The second-order valence-corrected chi connectivity index (χ2v) is 10.1. The summed E-state index contributed by atoms with van der Waals surface area (Å²) in [5.41, 5.74) is 4.96. The second-order valence-electron chi connectivity index (χ2n) is 10.1. The minimum atomic E-state index is 0.335. The number of nitrogens with zero attached hydrogens (tertiary/aromatic N) is 5. The zero-order chi connectivity index (χ0) is 21.5. The Balaban J connectivity index is 1.06. The average Bonchev–Trinajstić information content (AvgIpc) is 3.46. The molecule has 2 bridgehead atoms. The van der Waals surface area contributed by atoms with Gasteiger partial charge in [0.15, 0.2) is 0 Å². The van der Waals surface area contributed by atoms with Crippen LogP contribution in [0.5, 0.6) is 0 Å². The van der Waals surface area contributed by atoms with Crippen molar-refractivity contribution in [1.29, 1.82) is 0 Å². The molecule has 0 unspecified atom stereocenters. The van der Waals surface area contributed by atoms with Gasteiger partial charge in [-0.25, -0.2) is 9.97 Å². The molecular weight excluding hydrogens is 398 g/mol. The van der Waals surface area contributed by atoms with Gasteiger partial charge in [0, 0.05) is 62.3 Å². The van der Waals surface area contributed by atoms with Crippen molar-refractivity contribution in [2.75, 3.05) is 26.2 Å². The molecule has 0 radical (unpaired) electrons. The van der Waals surface area contributed by atoms with Gasteiger partial charge in [0.2, 0.25) is 5.91 Å². The number of fused-ring (bicyclic) bond motifs is 3. The van der Waals surface area contributed by atoms with Crippen LogP contribution in [0.15, 0.2) is 36.9 Å². The summed E-state index contributed by atoms with van der Waals surface area (Å²) < 4.78 is 0. The molecule has 6 heteroatoms. The van der Waals surface area contributed by atoms with E-state index in [1.807, 2.05) is 12.4 Å². The van der Waals surface area contributed by atoms with Crippen LogP contribution < -0.4 is 0 Å². The predicted molar refractivity (Wildman–Crippen MR) is 124 cm³/mol. The molecule has 2 atom stereocenters. The maximum Gasteiger partial charge on any atom is 0.237 e. The molecule has 0 spiro atoms. The van der Waals surface area contributed by atoms with E-state index in [4.69, 9.17) is 0 Å². The van der Waals surface area contributed by atoms with Gasteiger partial charge in [0.25, 0.3) is 0 Å². The molecule has 0 N–H and O–H groups in total. The molecule has 6 nitrogen and oxygen atoms in total. The highest BCUT2D eigenvalue weighted by Gasteiger charge is 2.47. The van der Waals surface area contributed by atoms with Crippen LogP contribution in [-0.4, -0.2) is 74.9 Å². The maximum atomic E-state index is 13.2. The van der Waals surface area contributed by atoms with Crippen molar-refractivity contribution in [3.63, 3.8) is 0 Å². The highest BCUT2D eigenvalue weighted by Crippen LogP contribution is 2.36. The number of amides is 1. The van der Waals surface area contributed by atoms with Gasteiger partial charge < -0.3 is 4.90 Å². The number of carbonyl (C=O) groups excluding carboxylic acids is 1. The third-order valence-corrected chi connectivity index (χ3v) is 8.20. The summed E-state index contributed by atoms with van der Waals surface area (Å²) in [6, 6.07) is 8.47. The summed E-state index contributed by atoms with van der Waals surface area (Å²) in [6.45, 7) is 4.43. The first-order chi connectivity index (χ1) is 15.7. The van der Waals surface area contributed by atoms with Gasteiger partial charge in [-0.05, 0) is 42.4 Å². The Kier molecular flexibility index (Phi) is 5.43. The number of piperazine rings is 1. The van der Waals surface area contributed by atoms with E-state index in [1.54, 1.807) is 6.33 Å². The Labute approximate surface area is 190 Å². The number of aromatic nitrogens is 2. The number of hydrogen-bond donors (Lipinski definition) is 0. The third-order valence-electron chi connectivity index (χ3n) is 8.20. The van der Waals surface area contributed by atoms with E-state index in [2.05, 4.69) is 42.9 Å². The molecule has 3 aliphatic heterocycles. The lowest BCUT2D eigenvalue weighted by Gasteiger charge is -2.41. The molecule has 2 aromatic rings. The Bertz CT molecular complexity index is 973. The lowest BCUT2D eigenvalue weighted by Crippen LogP contribution is -2.54.